The molecule has 0 spiro atoms. The van der Waals surface area contributed by atoms with Gasteiger partial charge in [-0.1, -0.05) is 6.42 Å². The number of nitrogens with zero attached hydrogens (tertiary/aromatic N) is 3. The molecule has 3 heterocycles. The molecule has 3 atom stereocenters. The number of hydrogen-bond donors (Lipinski definition) is 2. The van der Waals surface area contributed by atoms with E-state index in [0.717, 1.165) is 38.1 Å². The summed E-state index contributed by atoms with van der Waals surface area (Å²) in [5.41, 5.74) is -0.757. The van der Waals surface area contributed by atoms with Gasteiger partial charge in [0.15, 0.2) is 0 Å². The van der Waals surface area contributed by atoms with Crippen LogP contribution in [-0.2, 0) is 16.1 Å². The summed E-state index contributed by atoms with van der Waals surface area (Å²) < 4.78 is 7.57. The SMILES string of the molecule is CCn1ccnc1C(NC(=O)N1C[C@@H]2CCC[C@@]2(C(=O)O)C1)C1CCOCC1. The van der Waals surface area contributed by atoms with E-state index in [9.17, 15) is 14.7 Å². The van der Waals surface area contributed by atoms with Crippen molar-refractivity contribution in [3.63, 3.8) is 0 Å². The molecule has 28 heavy (non-hydrogen) atoms. The second-order valence-corrected chi connectivity index (χ2v) is 8.38. The Hall–Kier alpha value is -2.09. The Bertz CT molecular complexity index is 730. The van der Waals surface area contributed by atoms with Crippen LogP contribution in [0.2, 0.25) is 0 Å². The average molecular weight is 390 g/mol. The lowest BCUT2D eigenvalue weighted by Crippen LogP contribution is -2.45. The molecule has 8 nitrogen and oxygen atoms in total. The van der Waals surface area contributed by atoms with Crippen LogP contribution in [-0.4, -0.2) is 57.9 Å². The van der Waals surface area contributed by atoms with Crippen molar-refractivity contribution in [1.82, 2.24) is 19.8 Å². The van der Waals surface area contributed by atoms with E-state index in [1.54, 1.807) is 11.1 Å². The number of rotatable bonds is 5. The Balaban J connectivity index is 1.52. The molecule has 0 radical (unpaired) electrons. The van der Waals surface area contributed by atoms with Crippen LogP contribution < -0.4 is 5.32 Å². The van der Waals surface area contributed by atoms with Crippen molar-refractivity contribution in [3.05, 3.63) is 18.2 Å². The minimum Gasteiger partial charge on any atom is -0.481 e. The molecular weight excluding hydrogens is 360 g/mol. The number of aliphatic carboxylic acids is 1. The van der Waals surface area contributed by atoms with Gasteiger partial charge in [-0.3, -0.25) is 4.79 Å². The van der Waals surface area contributed by atoms with Crippen molar-refractivity contribution in [3.8, 4) is 0 Å². The maximum Gasteiger partial charge on any atom is 0.318 e. The van der Waals surface area contributed by atoms with Crippen LogP contribution in [0, 0.1) is 17.3 Å². The highest BCUT2D eigenvalue weighted by atomic mass is 16.5. The third kappa shape index (κ3) is 3.27. The van der Waals surface area contributed by atoms with Crippen molar-refractivity contribution in [1.29, 1.82) is 0 Å². The highest BCUT2D eigenvalue weighted by Crippen LogP contribution is 2.49. The van der Waals surface area contributed by atoms with Gasteiger partial charge in [-0.25, -0.2) is 9.78 Å². The molecule has 0 aromatic carbocycles. The number of fused-ring (bicyclic) bond motifs is 1. The van der Waals surface area contributed by atoms with Crippen LogP contribution in [0.4, 0.5) is 4.79 Å². The van der Waals surface area contributed by atoms with Crippen LogP contribution in [0.5, 0.6) is 0 Å². The summed E-state index contributed by atoms with van der Waals surface area (Å²) in [6.07, 6.45) is 7.96. The summed E-state index contributed by atoms with van der Waals surface area (Å²) in [5, 5.41) is 13.0. The number of aryl methyl sites for hydroxylation is 1. The molecule has 3 aliphatic rings. The molecule has 2 saturated heterocycles. The van der Waals surface area contributed by atoms with E-state index >= 15 is 0 Å². The number of hydrogen-bond acceptors (Lipinski definition) is 4. The Labute approximate surface area is 165 Å². The van der Waals surface area contributed by atoms with E-state index in [-0.39, 0.29) is 23.9 Å². The predicted octanol–water partition coefficient (Wildman–Crippen LogP) is 2.27. The van der Waals surface area contributed by atoms with Crippen molar-refractivity contribution in [2.24, 2.45) is 17.3 Å². The van der Waals surface area contributed by atoms with Crippen LogP contribution >= 0.6 is 0 Å². The van der Waals surface area contributed by atoms with Crippen molar-refractivity contribution in [2.75, 3.05) is 26.3 Å². The topological polar surface area (TPSA) is 96.7 Å². The number of likely N-dealkylation sites (tertiary alicyclic amines) is 1. The van der Waals surface area contributed by atoms with Gasteiger partial charge in [0.05, 0.1) is 11.5 Å². The number of nitrogens with one attached hydrogen (secondary N) is 1. The maximum atomic E-state index is 13.1. The van der Waals surface area contributed by atoms with Gasteiger partial charge < -0.3 is 24.6 Å². The first kappa shape index (κ1) is 19.2. The molecule has 1 aliphatic carbocycles. The average Bonchev–Trinajstić information content (AvgIpc) is 3.40. The van der Waals surface area contributed by atoms with E-state index in [1.165, 1.54) is 0 Å². The summed E-state index contributed by atoms with van der Waals surface area (Å²) in [6.45, 7) is 5.07. The molecule has 1 unspecified atom stereocenters. The molecule has 2 amide bonds. The first-order chi connectivity index (χ1) is 13.5. The van der Waals surface area contributed by atoms with E-state index in [2.05, 4.69) is 21.8 Å². The summed E-state index contributed by atoms with van der Waals surface area (Å²) in [6, 6.07) is -0.357. The summed E-state index contributed by atoms with van der Waals surface area (Å²) in [4.78, 5) is 31.3. The van der Waals surface area contributed by atoms with Gasteiger partial charge in [0.2, 0.25) is 0 Å². The molecule has 2 N–H and O–H groups in total. The lowest BCUT2D eigenvalue weighted by molar-refractivity contribution is -0.149. The van der Waals surface area contributed by atoms with Gasteiger partial charge in [0.25, 0.3) is 0 Å². The molecule has 8 heteroatoms. The van der Waals surface area contributed by atoms with Crippen LogP contribution in [0.25, 0.3) is 0 Å². The molecule has 1 aromatic rings. The Kier molecular flexibility index (Phi) is 5.31. The van der Waals surface area contributed by atoms with Crippen molar-refractivity contribution < 1.29 is 19.4 Å². The number of imidazole rings is 1. The monoisotopic (exact) mass is 390 g/mol. The van der Waals surface area contributed by atoms with E-state index in [0.29, 0.717) is 32.7 Å². The Morgan fingerprint density at radius 1 is 1.39 bits per heavy atom. The zero-order valence-electron chi connectivity index (χ0n) is 16.5. The van der Waals surface area contributed by atoms with Crippen molar-refractivity contribution in [2.45, 2.75) is 51.6 Å². The van der Waals surface area contributed by atoms with E-state index in [4.69, 9.17) is 4.74 Å². The largest absolute Gasteiger partial charge is 0.481 e. The first-order valence-electron chi connectivity index (χ1n) is 10.4. The van der Waals surface area contributed by atoms with E-state index in [1.807, 2.05) is 6.20 Å². The maximum absolute atomic E-state index is 13.1. The molecule has 2 aliphatic heterocycles. The number of ether oxygens (including phenoxy) is 1. The standard InChI is InChI=1S/C20H30N4O4/c1-2-23-9-8-21-17(23)16(14-5-10-28-11-6-14)22-19(27)24-12-15-4-3-7-20(15,13-24)18(25)26/h8-9,14-16H,2-7,10-13H2,1H3,(H,22,27)(H,25,26)/t15-,16?,20+/m0/s1. The number of carboxylic acid groups (broad SMARTS) is 1. The summed E-state index contributed by atoms with van der Waals surface area (Å²) in [7, 11) is 0. The number of carbonyl (C=O) groups is 2. The Morgan fingerprint density at radius 2 is 2.18 bits per heavy atom. The summed E-state index contributed by atoms with van der Waals surface area (Å²) in [5.74, 6) is 0.443. The van der Waals surface area contributed by atoms with E-state index < -0.39 is 11.4 Å². The molecule has 3 fully saturated rings. The molecule has 0 bridgehead atoms. The molecule has 1 saturated carbocycles. The third-order valence-electron chi connectivity index (χ3n) is 6.97. The van der Waals surface area contributed by atoms with Gasteiger partial charge in [-0.15, -0.1) is 0 Å². The van der Waals surface area contributed by atoms with Gasteiger partial charge in [-0.2, -0.15) is 0 Å². The van der Waals surface area contributed by atoms with Gasteiger partial charge >= 0.3 is 12.0 Å². The summed E-state index contributed by atoms with van der Waals surface area (Å²) >= 11 is 0. The highest BCUT2D eigenvalue weighted by Gasteiger charge is 2.56. The minimum atomic E-state index is -0.757. The van der Waals surface area contributed by atoms with Gasteiger partial charge in [-0.05, 0) is 44.4 Å². The normalized spacial score (nSPS) is 28.9. The fourth-order valence-corrected chi connectivity index (χ4v) is 5.33. The molecule has 154 valence electrons. The first-order valence-corrected chi connectivity index (χ1v) is 10.4. The number of carboxylic acids is 1. The van der Waals surface area contributed by atoms with Crippen LogP contribution in [0.15, 0.2) is 12.4 Å². The molecular formula is C20H30N4O4. The lowest BCUT2D eigenvalue weighted by Gasteiger charge is -2.32. The lowest BCUT2D eigenvalue weighted by atomic mass is 9.81. The smallest absolute Gasteiger partial charge is 0.318 e. The fourth-order valence-electron chi connectivity index (χ4n) is 5.33. The third-order valence-corrected chi connectivity index (χ3v) is 6.97. The van der Waals surface area contributed by atoms with Crippen LogP contribution in [0.3, 0.4) is 0 Å². The highest BCUT2D eigenvalue weighted by molar-refractivity contribution is 5.80. The fraction of sp³-hybridized carbons (Fsp3) is 0.750. The van der Waals surface area contributed by atoms with Gasteiger partial charge in [0.1, 0.15) is 5.82 Å². The number of carbonyl (C=O) groups excluding carboxylic acids is 1. The zero-order chi connectivity index (χ0) is 19.7. The zero-order valence-corrected chi connectivity index (χ0v) is 16.5. The predicted molar refractivity (Wildman–Crippen MR) is 102 cm³/mol. The number of amides is 2. The number of aromatic nitrogens is 2. The minimum absolute atomic E-state index is 0.0647. The van der Waals surface area contributed by atoms with Gasteiger partial charge in [0, 0.05) is 45.2 Å². The second kappa shape index (κ2) is 7.73. The van der Waals surface area contributed by atoms with Crippen molar-refractivity contribution >= 4 is 12.0 Å². The Morgan fingerprint density at radius 3 is 2.86 bits per heavy atom. The number of urea groups is 1. The molecule has 1 aromatic heterocycles. The quantitative estimate of drug-likeness (QED) is 0.804. The second-order valence-electron chi connectivity index (χ2n) is 8.38. The van der Waals surface area contributed by atoms with Crippen LogP contribution in [0.1, 0.15) is 50.9 Å². The molecule has 4 rings (SSSR count).